The summed E-state index contributed by atoms with van der Waals surface area (Å²) in [4.78, 5) is 25.6. The quantitative estimate of drug-likeness (QED) is 0.819. The lowest BCUT2D eigenvalue weighted by molar-refractivity contribution is -0.140. The molecule has 0 radical (unpaired) electrons. The molecule has 110 valence electrons. The van der Waals surface area contributed by atoms with Gasteiger partial charge in [-0.25, -0.2) is 4.79 Å². The summed E-state index contributed by atoms with van der Waals surface area (Å²) in [5, 5.41) is 5.77. The van der Waals surface area contributed by atoms with Gasteiger partial charge < -0.3 is 15.5 Å². The fourth-order valence-electron chi connectivity index (χ4n) is 2.18. The Labute approximate surface area is 116 Å². The Morgan fingerprint density at radius 2 is 1.79 bits per heavy atom. The number of carbonyl (C=O) groups is 2. The first kappa shape index (κ1) is 15.8. The van der Waals surface area contributed by atoms with Gasteiger partial charge in [0.25, 0.3) is 0 Å². The van der Waals surface area contributed by atoms with Crippen LogP contribution in [0.1, 0.15) is 47.0 Å². The summed E-state index contributed by atoms with van der Waals surface area (Å²) in [7, 11) is 0. The molecule has 0 aromatic rings. The smallest absolute Gasteiger partial charge is 0.315 e. The highest BCUT2D eigenvalue weighted by atomic mass is 16.2. The molecule has 2 N–H and O–H groups in total. The molecule has 1 aliphatic rings. The fourth-order valence-corrected chi connectivity index (χ4v) is 2.18. The van der Waals surface area contributed by atoms with Gasteiger partial charge in [-0.1, -0.05) is 27.7 Å². The minimum Gasteiger partial charge on any atom is -0.342 e. The molecule has 1 saturated heterocycles. The van der Waals surface area contributed by atoms with E-state index in [0.717, 1.165) is 32.4 Å². The Morgan fingerprint density at radius 1 is 1.21 bits per heavy atom. The van der Waals surface area contributed by atoms with Crippen LogP contribution < -0.4 is 10.6 Å². The van der Waals surface area contributed by atoms with Gasteiger partial charge >= 0.3 is 6.03 Å². The van der Waals surface area contributed by atoms with Crippen LogP contribution in [0.15, 0.2) is 0 Å². The molecule has 19 heavy (non-hydrogen) atoms. The van der Waals surface area contributed by atoms with Crippen LogP contribution in [0, 0.1) is 5.41 Å². The predicted molar refractivity (Wildman–Crippen MR) is 75.9 cm³/mol. The van der Waals surface area contributed by atoms with E-state index in [9.17, 15) is 9.59 Å². The summed E-state index contributed by atoms with van der Waals surface area (Å²) in [5.74, 6) is 0.196. The van der Waals surface area contributed by atoms with Gasteiger partial charge in [-0.15, -0.1) is 0 Å². The number of carbonyl (C=O) groups excluding carboxylic acids is 2. The number of nitrogens with zero attached hydrogens (tertiary/aromatic N) is 1. The van der Waals surface area contributed by atoms with Crippen LogP contribution in [0.5, 0.6) is 0 Å². The van der Waals surface area contributed by atoms with E-state index in [2.05, 4.69) is 10.6 Å². The van der Waals surface area contributed by atoms with Gasteiger partial charge in [0.05, 0.1) is 0 Å². The van der Waals surface area contributed by atoms with Gasteiger partial charge in [0, 0.05) is 31.1 Å². The van der Waals surface area contributed by atoms with E-state index in [1.807, 2.05) is 32.6 Å². The molecule has 1 rings (SSSR count). The van der Waals surface area contributed by atoms with Crippen molar-refractivity contribution in [2.45, 2.75) is 53.0 Å². The van der Waals surface area contributed by atoms with E-state index in [1.54, 1.807) is 0 Å². The molecule has 1 heterocycles. The minimum atomic E-state index is -0.321. The van der Waals surface area contributed by atoms with Gasteiger partial charge in [0.2, 0.25) is 5.91 Å². The molecule has 1 aliphatic heterocycles. The highest BCUT2D eigenvalue weighted by Crippen LogP contribution is 2.20. The molecule has 0 bridgehead atoms. The van der Waals surface area contributed by atoms with Crippen molar-refractivity contribution < 1.29 is 9.59 Å². The van der Waals surface area contributed by atoms with Crippen molar-refractivity contribution in [2.75, 3.05) is 19.6 Å². The molecule has 5 heteroatoms. The van der Waals surface area contributed by atoms with Crippen LogP contribution in [0.2, 0.25) is 0 Å². The highest BCUT2D eigenvalue weighted by Gasteiger charge is 2.30. The van der Waals surface area contributed by atoms with Gasteiger partial charge in [-0.05, 0) is 19.3 Å². The third-order valence-corrected chi connectivity index (χ3v) is 3.29. The summed E-state index contributed by atoms with van der Waals surface area (Å²) < 4.78 is 0. The Kier molecular flexibility index (Phi) is 5.63. The second-order valence-corrected chi connectivity index (χ2v) is 6.22. The van der Waals surface area contributed by atoms with E-state index in [0.29, 0.717) is 6.54 Å². The lowest BCUT2D eigenvalue weighted by Gasteiger charge is -2.35. The first-order valence-corrected chi connectivity index (χ1v) is 7.18. The number of urea groups is 1. The van der Waals surface area contributed by atoms with Crippen LogP contribution in [0.25, 0.3) is 0 Å². The van der Waals surface area contributed by atoms with Crippen molar-refractivity contribution in [1.82, 2.24) is 15.5 Å². The molecule has 3 amide bonds. The lowest BCUT2D eigenvalue weighted by Crippen LogP contribution is -2.51. The monoisotopic (exact) mass is 269 g/mol. The zero-order chi connectivity index (χ0) is 14.5. The molecule has 0 atom stereocenters. The minimum absolute atomic E-state index is 0.0950. The van der Waals surface area contributed by atoms with Gasteiger partial charge in [-0.2, -0.15) is 0 Å². The zero-order valence-corrected chi connectivity index (χ0v) is 12.6. The number of amides is 3. The molecule has 1 fully saturated rings. The van der Waals surface area contributed by atoms with E-state index < -0.39 is 0 Å². The summed E-state index contributed by atoms with van der Waals surface area (Å²) in [6.07, 6.45) is 2.61. The second kappa shape index (κ2) is 6.78. The lowest BCUT2D eigenvalue weighted by atomic mass is 9.93. The Balaban J connectivity index is 2.33. The number of hydrogen-bond acceptors (Lipinski definition) is 2. The molecule has 0 aromatic carbocycles. The number of nitrogens with one attached hydrogen (secondary N) is 2. The number of likely N-dealkylation sites (tertiary alicyclic amines) is 1. The molecule has 0 aromatic heterocycles. The summed E-state index contributed by atoms with van der Waals surface area (Å²) in [6.45, 7) is 10.0. The summed E-state index contributed by atoms with van der Waals surface area (Å²) >= 11 is 0. The first-order chi connectivity index (χ1) is 8.84. The Hall–Kier alpha value is -1.26. The van der Waals surface area contributed by atoms with Crippen molar-refractivity contribution >= 4 is 11.9 Å². The molecule has 0 spiro atoms. The normalized spacial score (nSPS) is 17.2. The van der Waals surface area contributed by atoms with Crippen molar-refractivity contribution in [3.8, 4) is 0 Å². The average molecular weight is 269 g/mol. The second-order valence-electron chi connectivity index (χ2n) is 6.22. The van der Waals surface area contributed by atoms with Crippen LogP contribution in [-0.4, -0.2) is 42.5 Å². The molecular formula is C14H27N3O2. The van der Waals surface area contributed by atoms with Gasteiger partial charge in [-0.3, -0.25) is 4.79 Å². The van der Waals surface area contributed by atoms with Crippen LogP contribution in [0.3, 0.4) is 0 Å². The van der Waals surface area contributed by atoms with Crippen LogP contribution >= 0.6 is 0 Å². The van der Waals surface area contributed by atoms with Crippen molar-refractivity contribution in [3.63, 3.8) is 0 Å². The number of hydrogen-bond donors (Lipinski definition) is 2. The Bertz CT molecular complexity index is 315. The van der Waals surface area contributed by atoms with E-state index in [-0.39, 0.29) is 23.4 Å². The third kappa shape index (κ3) is 5.09. The molecule has 0 aliphatic carbocycles. The maximum absolute atomic E-state index is 12.1. The first-order valence-electron chi connectivity index (χ1n) is 7.18. The van der Waals surface area contributed by atoms with Crippen molar-refractivity contribution in [2.24, 2.45) is 5.41 Å². The van der Waals surface area contributed by atoms with Gasteiger partial charge in [0.1, 0.15) is 0 Å². The average Bonchev–Trinajstić information content (AvgIpc) is 2.35. The molecule has 0 unspecified atom stereocenters. The van der Waals surface area contributed by atoms with Crippen molar-refractivity contribution in [3.05, 3.63) is 0 Å². The van der Waals surface area contributed by atoms with Crippen LogP contribution in [0.4, 0.5) is 4.79 Å². The van der Waals surface area contributed by atoms with E-state index in [4.69, 9.17) is 0 Å². The Morgan fingerprint density at radius 3 is 2.26 bits per heavy atom. The predicted octanol–water partition coefficient (Wildman–Crippen LogP) is 1.73. The summed E-state index contributed by atoms with van der Waals surface area (Å²) in [6, 6.07) is 0.0864. The van der Waals surface area contributed by atoms with Gasteiger partial charge in [0.15, 0.2) is 0 Å². The van der Waals surface area contributed by atoms with Crippen molar-refractivity contribution in [1.29, 1.82) is 0 Å². The summed E-state index contributed by atoms with van der Waals surface area (Å²) in [5.41, 5.74) is -0.321. The van der Waals surface area contributed by atoms with E-state index in [1.165, 1.54) is 0 Å². The fraction of sp³-hybridized carbons (Fsp3) is 0.857. The maximum Gasteiger partial charge on any atom is 0.315 e. The SMILES string of the molecule is CCCNC(=O)NC1CCN(C(=O)C(C)(C)C)CC1. The number of piperidine rings is 1. The topological polar surface area (TPSA) is 61.4 Å². The highest BCUT2D eigenvalue weighted by molar-refractivity contribution is 5.81. The third-order valence-electron chi connectivity index (χ3n) is 3.29. The largest absolute Gasteiger partial charge is 0.342 e. The molecular weight excluding hydrogens is 242 g/mol. The maximum atomic E-state index is 12.1. The molecule has 5 nitrogen and oxygen atoms in total. The molecule has 0 saturated carbocycles. The number of rotatable bonds is 3. The standard InChI is InChI=1S/C14H27N3O2/c1-5-8-15-13(19)16-11-6-9-17(10-7-11)12(18)14(2,3)4/h11H,5-10H2,1-4H3,(H2,15,16,19). The zero-order valence-electron chi connectivity index (χ0n) is 12.6. The van der Waals surface area contributed by atoms with E-state index >= 15 is 0 Å². The van der Waals surface area contributed by atoms with Crippen LogP contribution in [-0.2, 0) is 4.79 Å².